The first-order valence-electron chi connectivity index (χ1n) is 5.46. The molecule has 3 nitrogen and oxygen atoms in total. The standard InChI is InChI=1S/C12H19NO2/c1-8-6-9(8)10-4-5-11(15-10)12(2,7-13)14-3/h4-5,8-9H,6-7,13H2,1-3H3. The van der Waals surface area contributed by atoms with Crippen molar-refractivity contribution in [3.63, 3.8) is 0 Å². The molecular formula is C12H19NO2. The van der Waals surface area contributed by atoms with Gasteiger partial charge in [0.15, 0.2) is 0 Å². The molecule has 1 heterocycles. The van der Waals surface area contributed by atoms with Crippen LogP contribution in [0.3, 0.4) is 0 Å². The van der Waals surface area contributed by atoms with E-state index in [-0.39, 0.29) is 0 Å². The fraction of sp³-hybridized carbons (Fsp3) is 0.667. The van der Waals surface area contributed by atoms with Gasteiger partial charge >= 0.3 is 0 Å². The van der Waals surface area contributed by atoms with Crippen molar-refractivity contribution in [2.75, 3.05) is 13.7 Å². The van der Waals surface area contributed by atoms with E-state index >= 15 is 0 Å². The highest BCUT2D eigenvalue weighted by atomic mass is 16.5. The van der Waals surface area contributed by atoms with Crippen LogP contribution >= 0.6 is 0 Å². The molecule has 0 radical (unpaired) electrons. The third kappa shape index (κ3) is 1.82. The quantitative estimate of drug-likeness (QED) is 0.827. The molecule has 15 heavy (non-hydrogen) atoms. The summed E-state index contributed by atoms with van der Waals surface area (Å²) in [5, 5.41) is 0. The molecule has 0 saturated heterocycles. The number of furan rings is 1. The van der Waals surface area contributed by atoms with E-state index in [0.717, 1.165) is 17.4 Å². The molecule has 84 valence electrons. The lowest BCUT2D eigenvalue weighted by Gasteiger charge is -2.23. The molecule has 0 spiro atoms. The van der Waals surface area contributed by atoms with Crippen LogP contribution in [0, 0.1) is 5.92 Å². The molecular weight excluding hydrogens is 190 g/mol. The Morgan fingerprint density at radius 2 is 2.27 bits per heavy atom. The second-order valence-electron chi connectivity index (χ2n) is 4.66. The first-order chi connectivity index (χ1) is 7.10. The third-order valence-corrected chi connectivity index (χ3v) is 3.46. The van der Waals surface area contributed by atoms with Gasteiger partial charge in [-0.25, -0.2) is 0 Å². The Bertz CT molecular complexity index is 341. The fourth-order valence-electron chi connectivity index (χ4n) is 1.84. The summed E-state index contributed by atoms with van der Waals surface area (Å²) in [5.41, 5.74) is 5.20. The van der Waals surface area contributed by atoms with E-state index in [2.05, 4.69) is 13.0 Å². The van der Waals surface area contributed by atoms with Gasteiger partial charge in [-0.2, -0.15) is 0 Å². The summed E-state index contributed by atoms with van der Waals surface area (Å²) in [5.74, 6) is 3.28. The van der Waals surface area contributed by atoms with Crippen LogP contribution in [0.1, 0.15) is 37.7 Å². The molecule has 1 aromatic rings. The monoisotopic (exact) mass is 209 g/mol. The maximum Gasteiger partial charge on any atom is 0.137 e. The van der Waals surface area contributed by atoms with Crippen LogP contribution < -0.4 is 5.73 Å². The summed E-state index contributed by atoms with van der Waals surface area (Å²) in [6.07, 6.45) is 1.24. The van der Waals surface area contributed by atoms with Crippen molar-refractivity contribution in [3.8, 4) is 0 Å². The Balaban J connectivity index is 2.19. The smallest absolute Gasteiger partial charge is 0.137 e. The minimum atomic E-state index is -0.490. The highest BCUT2D eigenvalue weighted by Crippen LogP contribution is 2.48. The van der Waals surface area contributed by atoms with Crippen molar-refractivity contribution in [2.45, 2.75) is 31.8 Å². The van der Waals surface area contributed by atoms with Crippen molar-refractivity contribution in [1.82, 2.24) is 0 Å². The van der Waals surface area contributed by atoms with E-state index < -0.39 is 5.60 Å². The van der Waals surface area contributed by atoms with E-state index in [9.17, 15) is 0 Å². The predicted molar refractivity (Wildman–Crippen MR) is 58.6 cm³/mol. The fourth-order valence-corrected chi connectivity index (χ4v) is 1.84. The first-order valence-corrected chi connectivity index (χ1v) is 5.46. The van der Waals surface area contributed by atoms with Crippen molar-refractivity contribution in [3.05, 3.63) is 23.7 Å². The SMILES string of the molecule is COC(C)(CN)c1ccc(C2CC2C)o1. The minimum absolute atomic E-state index is 0.427. The van der Waals surface area contributed by atoms with Crippen molar-refractivity contribution in [1.29, 1.82) is 0 Å². The second kappa shape index (κ2) is 3.65. The number of hydrogen-bond acceptors (Lipinski definition) is 3. The Morgan fingerprint density at radius 1 is 1.60 bits per heavy atom. The van der Waals surface area contributed by atoms with Crippen molar-refractivity contribution >= 4 is 0 Å². The van der Waals surface area contributed by atoms with Crippen LogP contribution in [0.15, 0.2) is 16.5 Å². The molecule has 0 amide bonds. The molecule has 1 aliphatic carbocycles. The number of methoxy groups -OCH3 is 1. The Kier molecular flexibility index (Phi) is 2.61. The predicted octanol–water partition coefficient (Wildman–Crippen LogP) is 2.22. The highest BCUT2D eigenvalue weighted by Gasteiger charge is 2.38. The average Bonchev–Trinajstić information content (AvgIpc) is 2.81. The van der Waals surface area contributed by atoms with Crippen LogP contribution in [0.5, 0.6) is 0 Å². The molecule has 0 bridgehead atoms. The van der Waals surface area contributed by atoms with Crippen molar-refractivity contribution in [2.24, 2.45) is 11.7 Å². The summed E-state index contributed by atoms with van der Waals surface area (Å²) in [6, 6.07) is 4.03. The average molecular weight is 209 g/mol. The van der Waals surface area contributed by atoms with Crippen LogP contribution in [-0.4, -0.2) is 13.7 Å². The van der Waals surface area contributed by atoms with E-state index in [1.54, 1.807) is 7.11 Å². The molecule has 1 aliphatic rings. The molecule has 3 unspecified atom stereocenters. The second-order valence-corrected chi connectivity index (χ2v) is 4.66. The molecule has 3 atom stereocenters. The van der Waals surface area contributed by atoms with Gasteiger partial charge in [-0.15, -0.1) is 0 Å². The summed E-state index contributed by atoms with van der Waals surface area (Å²) in [7, 11) is 1.66. The van der Waals surface area contributed by atoms with Gasteiger partial charge in [0.2, 0.25) is 0 Å². The van der Waals surface area contributed by atoms with E-state index in [1.165, 1.54) is 6.42 Å². The van der Waals surface area contributed by atoms with E-state index in [4.69, 9.17) is 14.9 Å². The third-order valence-electron chi connectivity index (χ3n) is 3.46. The highest BCUT2D eigenvalue weighted by molar-refractivity contribution is 5.20. The van der Waals surface area contributed by atoms with Gasteiger partial charge in [-0.05, 0) is 31.4 Å². The van der Waals surface area contributed by atoms with E-state index in [1.807, 2.05) is 13.0 Å². The normalized spacial score (nSPS) is 28.8. The van der Waals surface area contributed by atoms with Gasteiger partial charge in [0, 0.05) is 19.6 Å². The van der Waals surface area contributed by atoms with Gasteiger partial charge in [-0.1, -0.05) is 6.92 Å². The molecule has 1 aromatic heterocycles. The van der Waals surface area contributed by atoms with Crippen LogP contribution in [0.4, 0.5) is 0 Å². The molecule has 2 rings (SSSR count). The van der Waals surface area contributed by atoms with E-state index in [0.29, 0.717) is 12.5 Å². The van der Waals surface area contributed by atoms with Gasteiger partial charge in [0.25, 0.3) is 0 Å². The van der Waals surface area contributed by atoms with Crippen molar-refractivity contribution < 1.29 is 9.15 Å². The number of hydrogen-bond donors (Lipinski definition) is 1. The largest absolute Gasteiger partial charge is 0.463 e. The zero-order valence-corrected chi connectivity index (χ0v) is 9.62. The maximum atomic E-state index is 5.82. The summed E-state index contributed by atoms with van der Waals surface area (Å²) in [6.45, 7) is 4.62. The summed E-state index contributed by atoms with van der Waals surface area (Å²) >= 11 is 0. The lowest BCUT2D eigenvalue weighted by molar-refractivity contribution is -0.00859. The van der Waals surface area contributed by atoms with Gasteiger partial charge < -0.3 is 14.9 Å². The lowest BCUT2D eigenvalue weighted by Crippen LogP contribution is -2.33. The number of rotatable bonds is 4. The first kappa shape index (κ1) is 10.7. The molecule has 0 aromatic carbocycles. The van der Waals surface area contributed by atoms with Gasteiger partial charge in [-0.3, -0.25) is 0 Å². The Hall–Kier alpha value is -0.800. The van der Waals surface area contributed by atoms with Crippen LogP contribution in [0.25, 0.3) is 0 Å². The van der Waals surface area contributed by atoms with Crippen LogP contribution in [0.2, 0.25) is 0 Å². The zero-order valence-electron chi connectivity index (χ0n) is 9.62. The summed E-state index contributed by atoms with van der Waals surface area (Å²) in [4.78, 5) is 0. The molecule has 1 fully saturated rings. The Labute approximate surface area is 90.6 Å². The number of ether oxygens (including phenoxy) is 1. The van der Waals surface area contributed by atoms with Gasteiger partial charge in [0.1, 0.15) is 17.1 Å². The topological polar surface area (TPSA) is 48.4 Å². The molecule has 0 aliphatic heterocycles. The maximum absolute atomic E-state index is 5.82. The minimum Gasteiger partial charge on any atom is -0.463 e. The Morgan fingerprint density at radius 3 is 2.73 bits per heavy atom. The number of nitrogens with two attached hydrogens (primary N) is 1. The van der Waals surface area contributed by atoms with Crippen LogP contribution in [-0.2, 0) is 10.3 Å². The molecule has 1 saturated carbocycles. The lowest BCUT2D eigenvalue weighted by atomic mass is 10.0. The molecule has 2 N–H and O–H groups in total. The van der Waals surface area contributed by atoms with Gasteiger partial charge in [0.05, 0.1) is 0 Å². The molecule has 3 heteroatoms. The summed E-state index contributed by atoms with van der Waals surface area (Å²) < 4.78 is 11.2. The zero-order chi connectivity index (χ0) is 11.1.